The standard InChI is InChI=1S/C19H19NO3S2/c1-12-4-5-13(2)16(10-12)23-9-8-20-18(21)17(25-19(20)22)11-15-7-6-14(3)24-15/h4-7,10-11H,8-9H2,1-3H3/b17-11-. The fourth-order valence-electron chi connectivity index (χ4n) is 2.46. The number of rotatable bonds is 5. The lowest BCUT2D eigenvalue weighted by Gasteiger charge is -2.14. The molecular formula is C19H19NO3S2. The molecule has 1 aromatic heterocycles. The average Bonchev–Trinajstić information content (AvgIpc) is 3.08. The summed E-state index contributed by atoms with van der Waals surface area (Å²) in [4.78, 5) is 28.5. The number of hydrogen-bond acceptors (Lipinski definition) is 5. The Hall–Kier alpha value is -2.05. The third-order valence-electron chi connectivity index (χ3n) is 3.82. The van der Waals surface area contributed by atoms with Crippen LogP contribution in [-0.2, 0) is 4.79 Å². The van der Waals surface area contributed by atoms with Crippen molar-refractivity contribution in [1.29, 1.82) is 0 Å². The van der Waals surface area contributed by atoms with Crippen LogP contribution in [0.1, 0.15) is 20.9 Å². The molecule has 6 heteroatoms. The molecule has 3 rings (SSSR count). The van der Waals surface area contributed by atoms with Crippen LogP contribution in [0.25, 0.3) is 6.08 Å². The van der Waals surface area contributed by atoms with Gasteiger partial charge in [-0.05, 0) is 67.9 Å². The highest BCUT2D eigenvalue weighted by molar-refractivity contribution is 8.18. The van der Waals surface area contributed by atoms with Crippen LogP contribution in [-0.4, -0.2) is 29.2 Å². The highest BCUT2D eigenvalue weighted by Crippen LogP contribution is 2.33. The van der Waals surface area contributed by atoms with E-state index >= 15 is 0 Å². The van der Waals surface area contributed by atoms with Gasteiger partial charge in [0.15, 0.2) is 0 Å². The third kappa shape index (κ3) is 4.14. The molecule has 25 heavy (non-hydrogen) atoms. The fourth-order valence-corrected chi connectivity index (χ4v) is 4.21. The van der Waals surface area contributed by atoms with Gasteiger partial charge in [-0.2, -0.15) is 0 Å². The van der Waals surface area contributed by atoms with E-state index in [-0.39, 0.29) is 24.3 Å². The van der Waals surface area contributed by atoms with Crippen molar-refractivity contribution in [3.63, 3.8) is 0 Å². The van der Waals surface area contributed by atoms with E-state index in [0.717, 1.165) is 33.5 Å². The predicted octanol–water partition coefficient (Wildman–Crippen LogP) is 4.79. The molecule has 1 aliphatic heterocycles. The molecule has 0 spiro atoms. The zero-order valence-corrected chi connectivity index (χ0v) is 16.0. The molecule has 0 saturated carbocycles. The molecule has 2 heterocycles. The Labute approximate surface area is 155 Å². The number of thioether (sulfide) groups is 1. The van der Waals surface area contributed by atoms with Crippen LogP contribution in [0.3, 0.4) is 0 Å². The zero-order chi connectivity index (χ0) is 18.0. The highest BCUT2D eigenvalue weighted by atomic mass is 32.2. The van der Waals surface area contributed by atoms with E-state index in [9.17, 15) is 9.59 Å². The van der Waals surface area contributed by atoms with E-state index in [1.165, 1.54) is 9.78 Å². The van der Waals surface area contributed by atoms with Gasteiger partial charge in [-0.1, -0.05) is 12.1 Å². The minimum atomic E-state index is -0.245. The van der Waals surface area contributed by atoms with Gasteiger partial charge in [0.2, 0.25) is 0 Å². The maximum atomic E-state index is 12.5. The second kappa shape index (κ2) is 7.45. The van der Waals surface area contributed by atoms with Gasteiger partial charge < -0.3 is 4.74 Å². The van der Waals surface area contributed by atoms with E-state index in [2.05, 4.69) is 0 Å². The summed E-state index contributed by atoms with van der Waals surface area (Å²) in [5.74, 6) is 0.544. The first-order valence-electron chi connectivity index (χ1n) is 7.96. The van der Waals surface area contributed by atoms with Crippen molar-refractivity contribution < 1.29 is 14.3 Å². The number of nitrogens with zero attached hydrogens (tertiary/aromatic N) is 1. The van der Waals surface area contributed by atoms with Gasteiger partial charge in [0.05, 0.1) is 11.4 Å². The van der Waals surface area contributed by atoms with Crippen LogP contribution in [0, 0.1) is 20.8 Å². The third-order valence-corrected chi connectivity index (χ3v) is 5.68. The number of aryl methyl sites for hydroxylation is 3. The maximum Gasteiger partial charge on any atom is 0.293 e. The Morgan fingerprint density at radius 1 is 1.12 bits per heavy atom. The molecule has 0 atom stereocenters. The number of imide groups is 1. The topological polar surface area (TPSA) is 46.6 Å². The minimum Gasteiger partial charge on any atom is -0.491 e. The Bertz CT molecular complexity index is 854. The minimum absolute atomic E-state index is 0.242. The number of ether oxygens (including phenoxy) is 1. The van der Waals surface area contributed by atoms with Crippen molar-refractivity contribution in [3.05, 3.63) is 56.1 Å². The smallest absolute Gasteiger partial charge is 0.293 e. The van der Waals surface area contributed by atoms with Gasteiger partial charge in [-0.15, -0.1) is 11.3 Å². The summed E-state index contributed by atoms with van der Waals surface area (Å²) < 4.78 is 5.76. The van der Waals surface area contributed by atoms with Crippen molar-refractivity contribution in [3.8, 4) is 5.75 Å². The lowest BCUT2D eigenvalue weighted by Crippen LogP contribution is -2.32. The molecule has 1 fully saturated rings. The van der Waals surface area contributed by atoms with Crippen LogP contribution in [0.2, 0.25) is 0 Å². The number of amides is 2. The molecule has 4 nitrogen and oxygen atoms in total. The SMILES string of the molecule is Cc1ccc(C)c(OCCN2C(=O)S/C(=C\c3ccc(C)s3)C2=O)c1. The van der Waals surface area contributed by atoms with Gasteiger partial charge in [-0.25, -0.2) is 0 Å². The van der Waals surface area contributed by atoms with Crippen molar-refractivity contribution >= 4 is 40.3 Å². The van der Waals surface area contributed by atoms with Crippen molar-refractivity contribution in [2.75, 3.05) is 13.2 Å². The molecule has 0 N–H and O–H groups in total. The summed E-state index contributed by atoms with van der Waals surface area (Å²) in [5, 5.41) is -0.242. The average molecular weight is 373 g/mol. The van der Waals surface area contributed by atoms with E-state index in [0.29, 0.717) is 4.91 Å². The Morgan fingerprint density at radius 3 is 2.64 bits per heavy atom. The summed E-state index contributed by atoms with van der Waals surface area (Å²) in [6.07, 6.45) is 1.79. The summed E-state index contributed by atoms with van der Waals surface area (Å²) in [7, 11) is 0. The molecule has 2 amide bonds. The molecular weight excluding hydrogens is 354 g/mol. The Morgan fingerprint density at radius 2 is 1.92 bits per heavy atom. The van der Waals surface area contributed by atoms with Crippen LogP contribution in [0.4, 0.5) is 4.79 Å². The van der Waals surface area contributed by atoms with Gasteiger partial charge >= 0.3 is 0 Å². The molecule has 1 aromatic carbocycles. The number of hydrogen-bond donors (Lipinski definition) is 0. The van der Waals surface area contributed by atoms with Crippen LogP contribution in [0.5, 0.6) is 5.75 Å². The molecule has 0 bridgehead atoms. The van der Waals surface area contributed by atoms with Crippen LogP contribution in [0.15, 0.2) is 35.2 Å². The summed E-state index contributed by atoms with van der Waals surface area (Å²) in [5.41, 5.74) is 2.15. The monoisotopic (exact) mass is 373 g/mol. The molecule has 0 aliphatic carbocycles. The normalized spacial score (nSPS) is 16.1. The number of thiophene rings is 1. The quantitative estimate of drug-likeness (QED) is 0.707. The highest BCUT2D eigenvalue weighted by Gasteiger charge is 2.34. The van der Waals surface area contributed by atoms with Crippen LogP contribution < -0.4 is 4.74 Å². The van der Waals surface area contributed by atoms with Gasteiger partial charge in [0.1, 0.15) is 12.4 Å². The Kier molecular flexibility index (Phi) is 5.30. The lowest BCUT2D eigenvalue weighted by molar-refractivity contribution is -0.123. The number of carbonyl (C=O) groups is 2. The van der Waals surface area contributed by atoms with E-state index in [1.807, 2.05) is 51.1 Å². The first-order valence-corrected chi connectivity index (χ1v) is 9.59. The lowest BCUT2D eigenvalue weighted by atomic mass is 10.1. The first kappa shape index (κ1) is 17.8. The van der Waals surface area contributed by atoms with Crippen molar-refractivity contribution in [1.82, 2.24) is 4.90 Å². The van der Waals surface area contributed by atoms with E-state index in [1.54, 1.807) is 17.4 Å². The first-order chi connectivity index (χ1) is 11.9. The number of benzene rings is 1. The van der Waals surface area contributed by atoms with Crippen molar-refractivity contribution in [2.24, 2.45) is 0 Å². The molecule has 1 aliphatic rings. The van der Waals surface area contributed by atoms with Gasteiger partial charge in [0.25, 0.3) is 11.1 Å². The molecule has 1 saturated heterocycles. The molecule has 130 valence electrons. The van der Waals surface area contributed by atoms with Crippen molar-refractivity contribution in [2.45, 2.75) is 20.8 Å². The van der Waals surface area contributed by atoms with Crippen LogP contribution >= 0.6 is 23.1 Å². The molecule has 0 unspecified atom stereocenters. The molecule has 2 aromatic rings. The fraction of sp³-hybridized carbons (Fsp3) is 0.263. The summed E-state index contributed by atoms with van der Waals surface area (Å²) in [6, 6.07) is 9.94. The Balaban J connectivity index is 1.63. The van der Waals surface area contributed by atoms with Gasteiger partial charge in [0, 0.05) is 9.75 Å². The molecule has 0 radical (unpaired) electrons. The largest absolute Gasteiger partial charge is 0.491 e. The second-order valence-corrected chi connectivity index (χ2v) is 8.21. The van der Waals surface area contributed by atoms with E-state index in [4.69, 9.17) is 4.74 Å². The van der Waals surface area contributed by atoms with E-state index < -0.39 is 0 Å². The maximum absolute atomic E-state index is 12.5. The van der Waals surface area contributed by atoms with Gasteiger partial charge in [-0.3, -0.25) is 14.5 Å². The zero-order valence-electron chi connectivity index (χ0n) is 14.4. The summed E-state index contributed by atoms with van der Waals surface area (Å²) >= 11 is 2.59. The second-order valence-electron chi connectivity index (χ2n) is 5.90. The summed E-state index contributed by atoms with van der Waals surface area (Å²) in [6.45, 7) is 6.52. The predicted molar refractivity (Wildman–Crippen MR) is 103 cm³/mol. The number of carbonyl (C=O) groups excluding carboxylic acids is 2.